The molecule has 2 aromatic carbocycles. The molecule has 1 saturated heterocycles. The molecule has 0 aliphatic carbocycles. The number of para-hydroxylation sites is 1. The average molecular weight is 395 g/mol. The Morgan fingerprint density at radius 3 is 2.40 bits per heavy atom. The Balaban J connectivity index is 2.01. The van der Waals surface area contributed by atoms with Gasteiger partial charge in [-0.1, -0.05) is 41.4 Å². The number of amides is 2. The first-order chi connectivity index (χ1) is 11.9. The Labute approximate surface area is 156 Å². The zero-order valence-electron chi connectivity index (χ0n) is 12.3. The number of hydrogen-bond donors (Lipinski definition) is 0. The van der Waals surface area contributed by atoms with Crippen LogP contribution in [0.25, 0.3) is 6.08 Å². The van der Waals surface area contributed by atoms with Crippen molar-refractivity contribution in [1.82, 2.24) is 0 Å². The summed E-state index contributed by atoms with van der Waals surface area (Å²) in [5.74, 6) is -0.519. The van der Waals surface area contributed by atoms with Crippen LogP contribution in [0, 0.1) is 10.1 Å². The van der Waals surface area contributed by atoms with Crippen LogP contribution in [0.2, 0.25) is 10.0 Å². The molecule has 6 nitrogen and oxygen atoms in total. The fraction of sp³-hybridized carbons (Fsp3) is 0. The van der Waals surface area contributed by atoms with Gasteiger partial charge in [-0.2, -0.15) is 0 Å². The van der Waals surface area contributed by atoms with Gasteiger partial charge < -0.3 is 0 Å². The zero-order chi connectivity index (χ0) is 18.1. The van der Waals surface area contributed by atoms with Crippen LogP contribution in [0.5, 0.6) is 0 Å². The minimum absolute atomic E-state index is 0.107. The van der Waals surface area contributed by atoms with Crippen LogP contribution in [0.1, 0.15) is 5.56 Å². The molecule has 126 valence electrons. The number of nitro benzene ring substituents is 1. The topological polar surface area (TPSA) is 80.5 Å². The van der Waals surface area contributed by atoms with Crippen LogP contribution in [0.15, 0.2) is 47.4 Å². The highest BCUT2D eigenvalue weighted by Gasteiger charge is 2.36. The maximum atomic E-state index is 12.5. The van der Waals surface area contributed by atoms with Crippen molar-refractivity contribution in [2.24, 2.45) is 0 Å². The van der Waals surface area contributed by atoms with E-state index in [2.05, 4.69) is 0 Å². The van der Waals surface area contributed by atoms with Gasteiger partial charge in [0.25, 0.3) is 16.8 Å². The van der Waals surface area contributed by atoms with Crippen molar-refractivity contribution in [1.29, 1.82) is 0 Å². The third-order valence-electron chi connectivity index (χ3n) is 3.36. The normalized spacial score (nSPS) is 15.9. The van der Waals surface area contributed by atoms with Gasteiger partial charge in [0.2, 0.25) is 0 Å². The van der Waals surface area contributed by atoms with Crippen molar-refractivity contribution in [2.45, 2.75) is 0 Å². The third-order valence-corrected chi connectivity index (χ3v) is 4.86. The molecule has 0 atom stereocenters. The summed E-state index contributed by atoms with van der Waals surface area (Å²) >= 11 is 12.6. The first-order valence-corrected chi connectivity index (χ1v) is 8.42. The summed E-state index contributed by atoms with van der Waals surface area (Å²) in [6, 6.07) is 10.9. The molecular weight excluding hydrogens is 387 g/mol. The molecule has 1 heterocycles. The lowest BCUT2D eigenvalue weighted by atomic mass is 10.1. The summed E-state index contributed by atoms with van der Waals surface area (Å²) < 4.78 is 0. The molecule has 9 heteroatoms. The lowest BCUT2D eigenvalue weighted by molar-refractivity contribution is -0.384. The molecule has 0 spiro atoms. The van der Waals surface area contributed by atoms with Crippen LogP contribution < -0.4 is 4.90 Å². The van der Waals surface area contributed by atoms with Crippen molar-refractivity contribution in [2.75, 3.05) is 4.90 Å². The molecule has 3 rings (SSSR count). The Hall–Kier alpha value is -2.35. The second-order valence-corrected chi connectivity index (χ2v) is 6.74. The standard InChI is InChI=1S/C16H8Cl2N2O4S/c17-11-8-12(18)13(20(23)24)6-9(11)7-14-15(21)19(16(22)25-14)10-4-2-1-3-5-10/h1-8H/b14-7+. The van der Waals surface area contributed by atoms with E-state index in [1.807, 2.05) is 0 Å². The predicted molar refractivity (Wildman–Crippen MR) is 98.0 cm³/mol. The van der Waals surface area contributed by atoms with E-state index in [0.717, 1.165) is 16.7 Å². The van der Waals surface area contributed by atoms with Crippen LogP contribution in [0.3, 0.4) is 0 Å². The van der Waals surface area contributed by atoms with Crippen molar-refractivity contribution >= 4 is 63.6 Å². The quantitative estimate of drug-likeness (QED) is 0.408. The number of halogens is 2. The summed E-state index contributed by atoms with van der Waals surface area (Å²) in [6.45, 7) is 0. The molecular formula is C16H8Cl2N2O4S. The van der Waals surface area contributed by atoms with Crippen LogP contribution in [0.4, 0.5) is 16.2 Å². The van der Waals surface area contributed by atoms with Crippen molar-refractivity contribution in [3.63, 3.8) is 0 Å². The monoisotopic (exact) mass is 394 g/mol. The highest BCUT2D eigenvalue weighted by molar-refractivity contribution is 8.19. The van der Waals surface area contributed by atoms with Crippen LogP contribution in [-0.4, -0.2) is 16.1 Å². The number of nitro groups is 1. The largest absolute Gasteiger partial charge is 0.298 e. The van der Waals surface area contributed by atoms with Gasteiger partial charge in [-0.3, -0.25) is 19.7 Å². The fourth-order valence-electron chi connectivity index (χ4n) is 2.21. The average Bonchev–Trinajstić information content (AvgIpc) is 2.84. The number of benzene rings is 2. The molecule has 0 bridgehead atoms. The van der Waals surface area contributed by atoms with E-state index in [4.69, 9.17) is 23.2 Å². The number of thioether (sulfide) groups is 1. The molecule has 0 radical (unpaired) electrons. The van der Waals surface area contributed by atoms with Gasteiger partial charge in [-0.05, 0) is 36.0 Å². The number of hydrogen-bond acceptors (Lipinski definition) is 5. The highest BCUT2D eigenvalue weighted by atomic mass is 35.5. The molecule has 2 aromatic rings. The summed E-state index contributed by atoms with van der Waals surface area (Å²) in [7, 11) is 0. The molecule has 0 N–H and O–H groups in total. The first-order valence-electron chi connectivity index (χ1n) is 6.85. The van der Waals surface area contributed by atoms with Gasteiger partial charge in [0.15, 0.2) is 0 Å². The summed E-state index contributed by atoms with van der Waals surface area (Å²) in [4.78, 5) is 36.2. The minimum atomic E-state index is -0.647. The van der Waals surface area contributed by atoms with E-state index in [9.17, 15) is 19.7 Å². The Kier molecular flexibility index (Phi) is 4.80. The maximum absolute atomic E-state index is 12.5. The Morgan fingerprint density at radius 2 is 1.76 bits per heavy atom. The molecule has 1 aliphatic heterocycles. The maximum Gasteiger partial charge on any atom is 0.298 e. The van der Waals surface area contributed by atoms with E-state index in [-0.39, 0.29) is 26.2 Å². The second-order valence-electron chi connectivity index (χ2n) is 4.93. The summed E-state index contributed by atoms with van der Waals surface area (Å²) in [5.41, 5.74) is 0.345. The van der Waals surface area contributed by atoms with Crippen LogP contribution in [-0.2, 0) is 4.79 Å². The molecule has 2 amide bonds. The molecule has 0 aromatic heterocycles. The number of carbonyl (C=O) groups excluding carboxylic acids is 2. The third kappa shape index (κ3) is 3.39. The van der Waals surface area contributed by atoms with Crippen molar-refractivity contribution in [3.05, 3.63) is 73.1 Å². The van der Waals surface area contributed by atoms with Gasteiger partial charge in [-0.25, -0.2) is 4.90 Å². The van der Waals surface area contributed by atoms with E-state index in [0.29, 0.717) is 5.69 Å². The van der Waals surface area contributed by atoms with Crippen molar-refractivity contribution in [3.8, 4) is 0 Å². The number of rotatable bonds is 3. The zero-order valence-corrected chi connectivity index (χ0v) is 14.6. The van der Waals surface area contributed by atoms with Gasteiger partial charge in [0.1, 0.15) is 5.02 Å². The van der Waals surface area contributed by atoms with Gasteiger partial charge >= 0.3 is 0 Å². The molecule has 1 fully saturated rings. The Bertz CT molecular complexity index is 931. The summed E-state index contributed by atoms with van der Waals surface area (Å²) in [5, 5.41) is 10.6. The lowest BCUT2D eigenvalue weighted by Crippen LogP contribution is -2.27. The Morgan fingerprint density at radius 1 is 1.08 bits per heavy atom. The van der Waals surface area contributed by atoms with Crippen molar-refractivity contribution < 1.29 is 14.5 Å². The molecule has 0 saturated carbocycles. The number of anilines is 1. The first kappa shape index (κ1) is 17.5. The van der Waals surface area contributed by atoms with E-state index in [1.54, 1.807) is 30.3 Å². The smallest absolute Gasteiger partial charge is 0.268 e. The van der Waals surface area contributed by atoms with Gasteiger partial charge in [-0.15, -0.1) is 0 Å². The van der Waals surface area contributed by atoms with Gasteiger partial charge in [0.05, 0.1) is 15.5 Å². The molecule has 1 aliphatic rings. The van der Waals surface area contributed by atoms with E-state index >= 15 is 0 Å². The highest BCUT2D eigenvalue weighted by Crippen LogP contribution is 2.38. The predicted octanol–water partition coefficient (Wildman–Crippen LogP) is 5.14. The van der Waals surface area contributed by atoms with E-state index in [1.165, 1.54) is 18.2 Å². The van der Waals surface area contributed by atoms with Gasteiger partial charge in [0, 0.05) is 16.7 Å². The van der Waals surface area contributed by atoms with Crippen LogP contribution >= 0.6 is 35.0 Å². The number of imide groups is 1. The fourth-order valence-corrected chi connectivity index (χ4v) is 3.55. The second kappa shape index (κ2) is 6.87. The SMILES string of the molecule is O=C1S/C(=C/c2cc([N+](=O)[O-])c(Cl)cc2Cl)C(=O)N1c1ccccc1. The summed E-state index contributed by atoms with van der Waals surface area (Å²) in [6.07, 6.45) is 1.35. The number of nitrogens with zero attached hydrogens (tertiary/aromatic N) is 2. The van der Waals surface area contributed by atoms with E-state index < -0.39 is 16.1 Å². The lowest BCUT2D eigenvalue weighted by Gasteiger charge is -2.11. The molecule has 25 heavy (non-hydrogen) atoms. The number of carbonyl (C=O) groups is 2. The minimum Gasteiger partial charge on any atom is -0.268 e. The molecule has 0 unspecified atom stereocenters.